The zero-order valence-electron chi connectivity index (χ0n) is 30.8. The summed E-state index contributed by atoms with van der Waals surface area (Å²) in [4.78, 5) is 0. The maximum absolute atomic E-state index is 2.33. The van der Waals surface area contributed by atoms with Crippen molar-refractivity contribution in [1.82, 2.24) is 0 Å². The Balaban J connectivity index is 1.11. The number of rotatable bonds is 5. The van der Waals surface area contributed by atoms with Crippen molar-refractivity contribution in [2.45, 2.75) is 0 Å². The first-order valence-electron chi connectivity index (χ1n) is 19.4. The van der Waals surface area contributed by atoms with Gasteiger partial charge in [-0.05, 0) is 116 Å². The Morgan fingerprint density at radius 2 is 0.500 bits per heavy atom. The van der Waals surface area contributed by atoms with Gasteiger partial charge >= 0.3 is 0 Å². The van der Waals surface area contributed by atoms with E-state index in [1.807, 2.05) is 0 Å². The lowest BCUT2D eigenvalue weighted by Gasteiger charge is -2.20. The van der Waals surface area contributed by atoms with E-state index >= 15 is 0 Å². The first-order valence-corrected chi connectivity index (χ1v) is 19.4. The van der Waals surface area contributed by atoms with Crippen molar-refractivity contribution in [3.63, 3.8) is 0 Å². The van der Waals surface area contributed by atoms with Gasteiger partial charge in [-0.1, -0.05) is 212 Å². The van der Waals surface area contributed by atoms with Gasteiger partial charge in [-0.15, -0.1) is 0 Å². The summed E-state index contributed by atoms with van der Waals surface area (Å²) in [6, 6.07) is 80.2. The fourth-order valence-corrected chi connectivity index (χ4v) is 9.20. The molecule has 0 aliphatic rings. The minimum atomic E-state index is 1.21. The first kappa shape index (κ1) is 32.2. The van der Waals surface area contributed by atoms with Gasteiger partial charge in [0.2, 0.25) is 0 Å². The summed E-state index contributed by atoms with van der Waals surface area (Å²) in [5, 5.41) is 12.6. The quantitative estimate of drug-likeness (QED) is 0.156. The highest BCUT2D eigenvalue weighted by Crippen LogP contribution is 2.48. The van der Waals surface area contributed by atoms with Crippen LogP contribution in [-0.2, 0) is 0 Å². The number of hydrogen-bond donors (Lipinski definition) is 0. The monoisotopic (exact) mass is 708 g/mol. The van der Waals surface area contributed by atoms with Gasteiger partial charge in [-0.2, -0.15) is 0 Å². The number of hydrogen-bond acceptors (Lipinski definition) is 0. The fraction of sp³-hybridized carbons (Fsp3) is 0. The van der Waals surface area contributed by atoms with Crippen LogP contribution in [0.4, 0.5) is 0 Å². The molecule has 0 amide bonds. The van der Waals surface area contributed by atoms with Crippen molar-refractivity contribution in [2.75, 3.05) is 0 Å². The molecule has 0 aromatic heterocycles. The molecule has 0 radical (unpaired) electrons. The largest absolute Gasteiger partial charge is 0.0622 e. The molecule has 0 aliphatic carbocycles. The van der Waals surface area contributed by atoms with E-state index in [9.17, 15) is 0 Å². The molecule has 260 valence electrons. The molecule has 11 rings (SSSR count). The van der Waals surface area contributed by atoms with E-state index in [1.54, 1.807) is 0 Å². The summed E-state index contributed by atoms with van der Waals surface area (Å²) in [7, 11) is 0. The molecule has 0 saturated carbocycles. The summed E-state index contributed by atoms with van der Waals surface area (Å²) >= 11 is 0. The molecule has 0 heterocycles. The second kappa shape index (κ2) is 13.2. The van der Waals surface area contributed by atoms with Gasteiger partial charge in [0.1, 0.15) is 0 Å². The Hall–Kier alpha value is -7.28. The van der Waals surface area contributed by atoms with Crippen LogP contribution in [0, 0.1) is 0 Å². The third-order valence-corrected chi connectivity index (χ3v) is 11.6. The number of fused-ring (bicyclic) bond motifs is 5. The highest BCUT2D eigenvalue weighted by Gasteiger charge is 2.20. The molecule has 0 nitrogen and oxygen atoms in total. The van der Waals surface area contributed by atoms with Gasteiger partial charge in [0.25, 0.3) is 0 Å². The van der Waals surface area contributed by atoms with Crippen LogP contribution in [0.5, 0.6) is 0 Å². The van der Waals surface area contributed by atoms with E-state index < -0.39 is 0 Å². The second-order valence-electron chi connectivity index (χ2n) is 14.7. The molecule has 0 N–H and O–H groups in total. The third-order valence-electron chi connectivity index (χ3n) is 11.6. The maximum Gasteiger partial charge on any atom is -0.00201 e. The van der Waals surface area contributed by atoms with Crippen LogP contribution in [0.25, 0.3) is 109 Å². The minimum Gasteiger partial charge on any atom is -0.0622 e. The van der Waals surface area contributed by atoms with Crippen LogP contribution < -0.4 is 0 Å². The standard InChI is InChI=1S/C56H36/c1-2-17-38(18-3-1)53-45-22-8-10-24-47(45)54(48-25-11-9-23-46(48)53)39-31-33-40(34-32-39)55-49-26-12-14-28-51(49)56(52-29-15-13-27-50(52)55)44-21-7-6-20-43(44)42-35-30-37-16-4-5-19-41(37)36-42/h1-36H. The SMILES string of the molecule is c1ccc(-c2c3ccccc3c(-c3ccc(-c4c5ccccc5c(-c5ccccc5-c5ccc6ccccc6c5)c5ccccc45)cc3)c3ccccc23)cc1. The van der Waals surface area contributed by atoms with Crippen molar-refractivity contribution >= 4 is 53.9 Å². The topological polar surface area (TPSA) is 0 Å². The maximum atomic E-state index is 2.33. The zero-order valence-corrected chi connectivity index (χ0v) is 30.8. The van der Waals surface area contributed by atoms with Gasteiger partial charge in [0, 0.05) is 0 Å². The lowest BCUT2D eigenvalue weighted by Crippen LogP contribution is -1.93. The van der Waals surface area contributed by atoms with Crippen molar-refractivity contribution in [3.8, 4) is 55.6 Å². The molecule has 0 aliphatic heterocycles. The first-order chi connectivity index (χ1) is 27.8. The van der Waals surface area contributed by atoms with Gasteiger partial charge in [0.05, 0.1) is 0 Å². The molecule has 11 aromatic carbocycles. The Bertz CT molecular complexity index is 3160. The summed E-state index contributed by atoms with van der Waals surface area (Å²) in [6.45, 7) is 0. The van der Waals surface area contributed by atoms with Gasteiger partial charge < -0.3 is 0 Å². The second-order valence-corrected chi connectivity index (χ2v) is 14.7. The Kier molecular flexibility index (Phi) is 7.60. The summed E-state index contributed by atoms with van der Waals surface area (Å²) in [5.74, 6) is 0. The number of benzene rings is 11. The molecule has 0 heteroatoms. The van der Waals surface area contributed by atoms with Crippen molar-refractivity contribution in [1.29, 1.82) is 0 Å². The molecular formula is C56H36. The molecule has 56 heavy (non-hydrogen) atoms. The van der Waals surface area contributed by atoms with E-state index in [1.165, 1.54) is 109 Å². The summed E-state index contributed by atoms with van der Waals surface area (Å²) < 4.78 is 0. The Labute approximate surface area is 326 Å². The average Bonchev–Trinajstić information content (AvgIpc) is 3.27. The molecule has 0 bridgehead atoms. The predicted molar refractivity (Wildman–Crippen MR) is 241 cm³/mol. The van der Waals surface area contributed by atoms with Crippen molar-refractivity contribution < 1.29 is 0 Å². The predicted octanol–water partition coefficient (Wildman–Crippen LogP) is 15.8. The van der Waals surface area contributed by atoms with Gasteiger partial charge in [-0.25, -0.2) is 0 Å². The van der Waals surface area contributed by atoms with Crippen LogP contribution in [0.3, 0.4) is 0 Å². The third kappa shape index (κ3) is 5.15. The normalized spacial score (nSPS) is 11.6. The fourth-order valence-electron chi connectivity index (χ4n) is 9.20. The Morgan fingerprint density at radius 1 is 0.179 bits per heavy atom. The van der Waals surface area contributed by atoms with Crippen LogP contribution in [-0.4, -0.2) is 0 Å². The van der Waals surface area contributed by atoms with E-state index in [0.29, 0.717) is 0 Å². The van der Waals surface area contributed by atoms with E-state index in [4.69, 9.17) is 0 Å². The van der Waals surface area contributed by atoms with Crippen LogP contribution in [0.15, 0.2) is 218 Å². The van der Waals surface area contributed by atoms with E-state index in [2.05, 4.69) is 218 Å². The van der Waals surface area contributed by atoms with Crippen molar-refractivity contribution in [2.24, 2.45) is 0 Å². The molecule has 0 fully saturated rings. The van der Waals surface area contributed by atoms with E-state index in [-0.39, 0.29) is 0 Å². The average molecular weight is 709 g/mol. The summed E-state index contributed by atoms with van der Waals surface area (Å²) in [6.07, 6.45) is 0. The summed E-state index contributed by atoms with van der Waals surface area (Å²) in [5.41, 5.74) is 12.5. The lowest BCUT2D eigenvalue weighted by atomic mass is 9.83. The smallest absolute Gasteiger partial charge is 0.00201 e. The molecule has 0 spiro atoms. The lowest BCUT2D eigenvalue weighted by molar-refractivity contribution is 1.62. The van der Waals surface area contributed by atoms with Crippen molar-refractivity contribution in [3.05, 3.63) is 218 Å². The molecule has 0 atom stereocenters. The van der Waals surface area contributed by atoms with Crippen LogP contribution in [0.1, 0.15) is 0 Å². The minimum absolute atomic E-state index is 1.21. The zero-order chi connectivity index (χ0) is 37.0. The molecule has 0 unspecified atom stereocenters. The van der Waals surface area contributed by atoms with Gasteiger partial charge in [0.15, 0.2) is 0 Å². The highest BCUT2D eigenvalue weighted by atomic mass is 14.2. The highest BCUT2D eigenvalue weighted by molar-refractivity contribution is 6.24. The van der Waals surface area contributed by atoms with Gasteiger partial charge in [-0.3, -0.25) is 0 Å². The Morgan fingerprint density at radius 3 is 0.964 bits per heavy atom. The van der Waals surface area contributed by atoms with Crippen LogP contribution in [0.2, 0.25) is 0 Å². The molecular weight excluding hydrogens is 673 g/mol. The molecule has 11 aromatic rings. The van der Waals surface area contributed by atoms with Crippen LogP contribution >= 0.6 is 0 Å². The molecule has 0 saturated heterocycles. The van der Waals surface area contributed by atoms with E-state index in [0.717, 1.165) is 0 Å².